The number of rotatable bonds is 3. The largest absolute Gasteiger partial charge is 0.455 e. The van der Waals surface area contributed by atoms with E-state index in [1.807, 2.05) is 0 Å². The van der Waals surface area contributed by atoms with Gasteiger partial charge in [-0.15, -0.1) is 0 Å². The Labute approximate surface area is 66.7 Å². The molecule has 0 amide bonds. The van der Waals surface area contributed by atoms with Crippen LogP contribution in [0.2, 0.25) is 0 Å². The van der Waals surface area contributed by atoms with Crippen molar-refractivity contribution in [1.29, 1.82) is 0 Å². The minimum atomic E-state index is -1.06. The van der Waals surface area contributed by atoms with E-state index in [4.69, 9.17) is 4.74 Å². The quantitative estimate of drug-likeness (QED) is 0.489. The smallest absolute Gasteiger partial charge is 0.303 e. The first-order chi connectivity index (χ1) is 4.88. The van der Waals surface area contributed by atoms with Gasteiger partial charge in [-0.2, -0.15) is 0 Å². The van der Waals surface area contributed by atoms with Crippen LogP contribution in [0, 0.1) is 0 Å². The molecule has 0 aromatic heterocycles. The molecule has 1 atom stereocenters. The van der Waals surface area contributed by atoms with Crippen molar-refractivity contribution in [1.82, 2.24) is 0 Å². The molecule has 0 aliphatic heterocycles. The van der Waals surface area contributed by atoms with E-state index in [1.165, 1.54) is 13.0 Å². The van der Waals surface area contributed by atoms with Gasteiger partial charge in [0.25, 0.3) is 0 Å². The van der Waals surface area contributed by atoms with Crippen LogP contribution in [0.5, 0.6) is 0 Å². The summed E-state index contributed by atoms with van der Waals surface area (Å²) in [5, 5.41) is 9.38. The average Bonchev–Trinajstić information content (AvgIpc) is 1.79. The van der Waals surface area contributed by atoms with Crippen molar-refractivity contribution in [2.75, 3.05) is 0 Å². The summed E-state index contributed by atoms with van der Waals surface area (Å²) < 4.78 is 4.76. The Bertz CT molecular complexity index is 155. The molecule has 0 aromatic rings. The van der Waals surface area contributed by atoms with Gasteiger partial charge in [-0.3, -0.25) is 4.79 Å². The van der Waals surface area contributed by atoms with Crippen molar-refractivity contribution in [3.05, 3.63) is 12.7 Å². The Morgan fingerprint density at radius 3 is 2.27 bits per heavy atom. The van der Waals surface area contributed by atoms with Crippen LogP contribution in [-0.4, -0.2) is 22.8 Å². The predicted molar refractivity (Wildman–Crippen MR) is 42.0 cm³/mol. The molecular weight excluding hydrogens is 144 g/mol. The molecule has 0 bridgehead atoms. The molecule has 0 rings (SSSR count). The molecule has 0 aromatic carbocycles. The van der Waals surface area contributed by atoms with Gasteiger partial charge in [0.05, 0.1) is 5.60 Å². The van der Waals surface area contributed by atoms with Crippen molar-refractivity contribution in [3.63, 3.8) is 0 Å². The second-order valence-electron chi connectivity index (χ2n) is 2.92. The molecule has 1 unspecified atom stereocenters. The Hall–Kier alpha value is -0.830. The molecule has 0 radical (unpaired) electrons. The maximum absolute atomic E-state index is 10.5. The predicted octanol–water partition coefficient (Wildman–Crippen LogP) is 0.875. The van der Waals surface area contributed by atoms with E-state index in [2.05, 4.69) is 6.58 Å². The van der Waals surface area contributed by atoms with Gasteiger partial charge < -0.3 is 9.84 Å². The van der Waals surface area contributed by atoms with Crippen LogP contribution in [0.3, 0.4) is 0 Å². The number of hydrogen-bond donors (Lipinski definition) is 1. The van der Waals surface area contributed by atoms with Gasteiger partial charge in [0.2, 0.25) is 0 Å². The topological polar surface area (TPSA) is 46.5 Å². The zero-order chi connectivity index (χ0) is 9.07. The molecule has 0 saturated heterocycles. The first kappa shape index (κ1) is 10.2. The summed E-state index contributed by atoms with van der Waals surface area (Å²) >= 11 is 0. The van der Waals surface area contributed by atoms with Crippen LogP contribution >= 0.6 is 0 Å². The lowest BCUT2D eigenvalue weighted by atomic mass is 10.0. The van der Waals surface area contributed by atoms with E-state index in [9.17, 15) is 9.90 Å². The fourth-order valence-corrected chi connectivity index (χ4v) is 0.660. The third-order valence-electron chi connectivity index (χ3n) is 1.20. The van der Waals surface area contributed by atoms with Crippen molar-refractivity contribution in [2.45, 2.75) is 32.5 Å². The number of carbonyl (C=O) groups excluding carboxylic acids is 1. The molecule has 3 heteroatoms. The van der Waals surface area contributed by atoms with Crippen LogP contribution < -0.4 is 0 Å². The fourth-order valence-electron chi connectivity index (χ4n) is 0.660. The Morgan fingerprint density at radius 1 is 1.73 bits per heavy atom. The lowest BCUT2D eigenvalue weighted by Gasteiger charge is -2.25. The third kappa shape index (κ3) is 3.78. The molecule has 11 heavy (non-hydrogen) atoms. The zero-order valence-electron chi connectivity index (χ0n) is 7.13. The molecule has 0 aliphatic carbocycles. The molecule has 3 nitrogen and oxygen atoms in total. The minimum Gasteiger partial charge on any atom is -0.455 e. The maximum atomic E-state index is 10.5. The summed E-state index contributed by atoms with van der Waals surface area (Å²) in [7, 11) is 0. The minimum absolute atomic E-state index is 0.419. The summed E-state index contributed by atoms with van der Waals surface area (Å²) in [6, 6.07) is 0. The number of ether oxygens (including phenoxy) is 1. The Morgan fingerprint density at radius 2 is 2.18 bits per heavy atom. The zero-order valence-corrected chi connectivity index (χ0v) is 7.13. The van der Waals surface area contributed by atoms with Gasteiger partial charge in [0.1, 0.15) is 6.10 Å². The molecule has 64 valence electrons. The lowest BCUT2D eigenvalue weighted by molar-refractivity contribution is -0.154. The molecule has 0 spiro atoms. The first-order valence-electron chi connectivity index (χ1n) is 3.40. The van der Waals surface area contributed by atoms with Crippen LogP contribution in [-0.2, 0) is 9.53 Å². The van der Waals surface area contributed by atoms with Crippen molar-refractivity contribution in [2.24, 2.45) is 0 Å². The normalized spacial score (nSPS) is 13.8. The number of hydrogen-bond acceptors (Lipinski definition) is 3. The van der Waals surface area contributed by atoms with Gasteiger partial charge >= 0.3 is 5.97 Å². The summed E-state index contributed by atoms with van der Waals surface area (Å²) in [5.74, 6) is -0.419. The maximum Gasteiger partial charge on any atom is 0.303 e. The van der Waals surface area contributed by atoms with E-state index in [1.54, 1.807) is 13.8 Å². The highest BCUT2D eigenvalue weighted by Crippen LogP contribution is 2.13. The summed E-state index contributed by atoms with van der Waals surface area (Å²) in [4.78, 5) is 10.5. The highest BCUT2D eigenvalue weighted by molar-refractivity contribution is 5.66. The van der Waals surface area contributed by atoms with Crippen LogP contribution in [0.1, 0.15) is 20.8 Å². The van der Waals surface area contributed by atoms with E-state index in [0.29, 0.717) is 0 Å². The molecule has 0 aliphatic rings. The third-order valence-corrected chi connectivity index (χ3v) is 1.20. The number of carbonyl (C=O) groups is 1. The lowest BCUT2D eigenvalue weighted by Crippen LogP contribution is -2.37. The van der Waals surface area contributed by atoms with Crippen LogP contribution in [0.25, 0.3) is 0 Å². The van der Waals surface area contributed by atoms with Crippen LogP contribution in [0.15, 0.2) is 12.7 Å². The summed E-state index contributed by atoms with van der Waals surface area (Å²) in [6.45, 7) is 7.85. The van der Waals surface area contributed by atoms with Crippen molar-refractivity contribution < 1.29 is 14.6 Å². The highest BCUT2D eigenvalue weighted by Gasteiger charge is 2.26. The van der Waals surface area contributed by atoms with E-state index in [-0.39, 0.29) is 0 Å². The van der Waals surface area contributed by atoms with Gasteiger partial charge in [0.15, 0.2) is 0 Å². The van der Waals surface area contributed by atoms with Gasteiger partial charge in [0, 0.05) is 6.92 Å². The van der Waals surface area contributed by atoms with Gasteiger partial charge in [-0.05, 0) is 19.9 Å². The standard InChI is InChI=1S/C8H14O3/c1-5-7(8(3,4)10)11-6(2)9/h5,7,10H,1H2,2-4H3. The average molecular weight is 158 g/mol. The molecule has 1 N–H and O–H groups in total. The molecule has 0 fully saturated rings. The molecule has 0 heterocycles. The van der Waals surface area contributed by atoms with Crippen molar-refractivity contribution in [3.8, 4) is 0 Å². The van der Waals surface area contributed by atoms with E-state index in [0.717, 1.165) is 0 Å². The Kier molecular flexibility index (Phi) is 3.26. The second-order valence-corrected chi connectivity index (χ2v) is 2.92. The van der Waals surface area contributed by atoms with E-state index < -0.39 is 17.7 Å². The van der Waals surface area contributed by atoms with Gasteiger partial charge in [-0.1, -0.05) is 6.58 Å². The number of aliphatic hydroxyl groups is 1. The fraction of sp³-hybridized carbons (Fsp3) is 0.625. The second kappa shape index (κ2) is 3.53. The van der Waals surface area contributed by atoms with Gasteiger partial charge in [-0.25, -0.2) is 0 Å². The van der Waals surface area contributed by atoms with Crippen molar-refractivity contribution >= 4 is 5.97 Å². The monoisotopic (exact) mass is 158 g/mol. The highest BCUT2D eigenvalue weighted by atomic mass is 16.6. The summed E-state index contributed by atoms with van der Waals surface area (Å²) in [5.41, 5.74) is -1.06. The SMILES string of the molecule is C=CC(OC(C)=O)C(C)(C)O. The molecular formula is C8H14O3. The summed E-state index contributed by atoms with van der Waals surface area (Å²) in [6.07, 6.45) is 0.765. The molecule has 0 saturated carbocycles. The first-order valence-corrected chi connectivity index (χ1v) is 3.40. The number of esters is 1. The van der Waals surface area contributed by atoms with E-state index >= 15 is 0 Å². The van der Waals surface area contributed by atoms with Crippen LogP contribution in [0.4, 0.5) is 0 Å². The Balaban J connectivity index is 4.18.